The Balaban J connectivity index is 2.69. The second-order valence-corrected chi connectivity index (χ2v) is 4.27. The van der Waals surface area contributed by atoms with Crippen LogP contribution in [0.15, 0.2) is 18.3 Å². The van der Waals surface area contributed by atoms with Crippen LogP contribution in [0.5, 0.6) is 0 Å². The fraction of sp³-hybridized carbons (Fsp3) is 0.545. The van der Waals surface area contributed by atoms with Crippen LogP contribution in [0.2, 0.25) is 5.02 Å². The molecule has 0 unspecified atom stereocenters. The van der Waals surface area contributed by atoms with Gasteiger partial charge in [0.2, 0.25) is 0 Å². The minimum absolute atomic E-state index is 0.0842. The maximum absolute atomic E-state index is 12.4. The Labute approximate surface area is 109 Å². The molecule has 0 aliphatic rings. The number of halogens is 4. The zero-order valence-electron chi connectivity index (χ0n) is 9.97. The van der Waals surface area contributed by atoms with Gasteiger partial charge in [0.25, 0.3) is 0 Å². The molecule has 1 rings (SSSR count). The number of rotatable bonds is 6. The van der Waals surface area contributed by atoms with E-state index >= 15 is 0 Å². The van der Waals surface area contributed by atoms with Gasteiger partial charge in [-0.15, -0.1) is 0 Å². The highest BCUT2D eigenvalue weighted by Crippen LogP contribution is 2.19. The van der Waals surface area contributed by atoms with Gasteiger partial charge in [-0.1, -0.05) is 11.6 Å². The molecule has 1 N–H and O–H groups in total. The maximum Gasteiger partial charge on any atom is 0.401 e. The highest BCUT2D eigenvalue weighted by Gasteiger charge is 2.30. The van der Waals surface area contributed by atoms with Crippen molar-refractivity contribution in [3.63, 3.8) is 0 Å². The van der Waals surface area contributed by atoms with Crippen molar-refractivity contribution in [2.75, 3.05) is 26.7 Å². The first-order valence-corrected chi connectivity index (χ1v) is 5.83. The summed E-state index contributed by atoms with van der Waals surface area (Å²) in [6.45, 7) is -0.133. The second kappa shape index (κ2) is 6.92. The first kappa shape index (κ1) is 15.2. The molecule has 0 saturated heterocycles. The molecule has 0 fully saturated rings. The van der Waals surface area contributed by atoms with Crippen LogP contribution in [0.1, 0.15) is 5.69 Å². The molecule has 0 bridgehead atoms. The summed E-state index contributed by atoms with van der Waals surface area (Å²) in [6.07, 6.45) is -2.71. The van der Waals surface area contributed by atoms with Crippen molar-refractivity contribution in [3.05, 3.63) is 29.0 Å². The standard InChI is InChI=1S/C11H15ClF3N3/c1-16-5-6-18(8-11(13,14)15)7-10-9(12)3-2-4-17-10/h2-4,16H,5-8H2,1H3. The number of nitrogens with one attached hydrogen (secondary N) is 1. The summed E-state index contributed by atoms with van der Waals surface area (Å²) in [5, 5.41) is 3.21. The van der Waals surface area contributed by atoms with Gasteiger partial charge >= 0.3 is 6.18 Å². The summed E-state index contributed by atoms with van der Waals surface area (Å²) in [5.74, 6) is 0. The molecule has 3 nitrogen and oxygen atoms in total. The Bertz CT molecular complexity index is 371. The second-order valence-electron chi connectivity index (χ2n) is 3.86. The Morgan fingerprint density at radius 3 is 2.72 bits per heavy atom. The van der Waals surface area contributed by atoms with Gasteiger partial charge in [-0.3, -0.25) is 9.88 Å². The lowest BCUT2D eigenvalue weighted by Gasteiger charge is -2.23. The van der Waals surface area contributed by atoms with Crippen LogP contribution in [0.25, 0.3) is 0 Å². The van der Waals surface area contributed by atoms with E-state index in [0.29, 0.717) is 17.3 Å². The number of pyridine rings is 1. The largest absolute Gasteiger partial charge is 0.401 e. The zero-order chi connectivity index (χ0) is 13.6. The van der Waals surface area contributed by atoms with E-state index in [1.54, 1.807) is 19.2 Å². The smallest absolute Gasteiger partial charge is 0.318 e. The van der Waals surface area contributed by atoms with Gasteiger partial charge < -0.3 is 5.32 Å². The van der Waals surface area contributed by atoms with Crippen molar-refractivity contribution in [2.24, 2.45) is 0 Å². The highest BCUT2D eigenvalue weighted by molar-refractivity contribution is 6.31. The van der Waals surface area contributed by atoms with E-state index < -0.39 is 12.7 Å². The Morgan fingerprint density at radius 2 is 2.17 bits per heavy atom. The minimum atomic E-state index is -4.23. The van der Waals surface area contributed by atoms with Crippen molar-refractivity contribution in [1.82, 2.24) is 15.2 Å². The third-order valence-electron chi connectivity index (χ3n) is 2.29. The van der Waals surface area contributed by atoms with Crippen LogP contribution in [-0.4, -0.2) is 42.7 Å². The van der Waals surface area contributed by atoms with Crippen molar-refractivity contribution in [2.45, 2.75) is 12.7 Å². The molecular formula is C11H15ClF3N3. The van der Waals surface area contributed by atoms with Gasteiger partial charge in [-0.25, -0.2) is 0 Å². The average molecular weight is 282 g/mol. The first-order valence-electron chi connectivity index (χ1n) is 5.45. The number of nitrogens with zero attached hydrogens (tertiary/aromatic N) is 2. The van der Waals surface area contributed by atoms with Crippen LogP contribution < -0.4 is 5.32 Å². The molecule has 0 amide bonds. The zero-order valence-corrected chi connectivity index (χ0v) is 10.7. The van der Waals surface area contributed by atoms with Crippen molar-refractivity contribution in [1.29, 1.82) is 0 Å². The predicted molar refractivity (Wildman–Crippen MR) is 64.5 cm³/mol. The number of hydrogen-bond acceptors (Lipinski definition) is 3. The van der Waals surface area contributed by atoms with Gasteiger partial charge in [0.1, 0.15) is 0 Å². The number of hydrogen-bond donors (Lipinski definition) is 1. The van der Waals surface area contributed by atoms with Crippen LogP contribution >= 0.6 is 11.6 Å². The molecule has 7 heteroatoms. The van der Waals surface area contributed by atoms with Crippen LogP contribution in [-0.2, 0) is 6.54 Å². The van der Waals surface area contributed by atoms with E-state index in [1.807, 2.05) is 0 Å². The SMILES string of the molecule is CNCCN(Cc1ncccc1Cl)CC(F)(F)F. The third-order valence-corrected chi connectivity index (χ3v) is 2.63. The third kappa shape index (κ3) is 5.66. The van der Waals surface area contributed by atoms with Crippen LogP contribution in [0.3, 0.4) is 0 Å². The molecular weight excluding hydrogens is 267 g/mol. The molecule has 0 aliphatic heterocycles. The fourth-order valence-electron chi connectivity index (χ4n) is 1.48. The molecule has 1 aromatic rings. The van der Waals surface area contributed by atoms with Crippen LogP contribution in [0, 0.1) is 0 Å². The quantitative estimate of drug-likeness (QED) is 0.867. The summed E-state index contributed by atoms with van der Waals surface area (Å²) >= 11 is 5.89. The summed E-state index contributed by atoms with van der Waals surface area (Å²) in [4.78, 5) is 5.26. The Morgan fingerprint density at radius 1 is 1.44 bits per heavy atom. The number of likely N-dealkylation sites (N-methyl/N-ethyl adjacent to an activating group) is 1. The van der Waals surface area contributed by atoms with E-state index in [9.17, 15) is 13.2 Å². The lowest BCUT2D eigenvalue weighted by molar-refractivity contribution is -0.147. The lowest BCUT2D eigenvalue weighted by atomic mass is 10.3. The minimum Gasteiger partial charge on any atom is -0.318 e. The molecule has 0 spiro atoms. The molecule has 102 valence electrons. The molecule has 0 aromatic carbocycles. The Hall–Kier alpha value is -0.850. The first-order chi connectivity index (χ1) is 8.42. The maximum atomic E-state index is 12.4. The van der Waals surface area contributed by atoms with Gasteiger partial charge in [0.05, 0.1) is 17.3 Å². The molecule has 1 heterocycles. The molecule has 0 atom stereocenters. The molecule has 18 heavy (non-hydrogen) atoms. The fourth-order valence-corrected chi connectivity index (χ4v) is 1.67. The van der Waals surface area contributed by atoms with Gasteiger partial charge in [0.15, 0.2) is 0 Å². The highest BCUT2D eigenvalue weighted by atomic mass is 35.5. The van der Waals surface area contributed by atoms with Crippen molar-refractivity contribution in [3.8, 4) is 0 Å². The average Bonchev–Trinajstić information content (AvgIpc) is 2.27. The van der Waals surface area contributed by atoms with E-state index in [-0.39, 0.29) is 13.1 Å². The number of aromatic nitrogens is 1. The van der Waals surface area contributed by atoms with Crippen molar-refractivity contribution >= 4 is 11.6 Å². The lowest BCUT2D eigenvalue weighted by Crippen LogP contribution is -2.38. The van der Waals surface area contributed by atoms with Gasteiger partial charge in [0, 0.05) is 25.8 Å². The molecule has 1 aromatic heterocycles. The Kier molecular flexibility index (Phi) is 5.84. The van der Waals surface area contributed by atoms with Gasteiger partial charge in [-0.05, 0) is 19.2 Å². The summed E-state index contributed by atoms with van der Waals surface area (Å²) in [5.41, 5.74) is 0.458. The molecule has 0 aliphatic carbocycles. The van der Waals surface area contributed by atoms with E-state index in [2.05, 4.69) is 10.3 Å². The number of alkyl halides is 3. The van der Waals surface area contributed by atoms with Gasteiger partial charge in [-0.2, -0.15) is 13.2 Å². The predicted octanol–water partition coefficient (Wildman–Crippen LogP) is 2.32. The van der Waals surface area contributed by atoms with Crippen molar-refractivity contribution < 1.29 is 13.2 Å². The summed E-state index contributed by atoms with van der Waals surface area (Å²) < 4.78 is 37.3. The van der Waals surface area contributed by atoms with E-state index in [1.165, 1.54) is 11.1 Å². The monoisotopic (exact) mass is 281 g/mol. The molecule has 0 radical (unpaired) electrons. The van der Waals surface area contributed by atoms with E-state index in [4.69, 9.17) is 11.6 Å². The normalized spacial score (nSPS) is 12.1. The van der Waals surface area contributed by atoms with E-state index in [0.717, 1.165) is 0 Å². The molecule has 0 saturated carbocycles. The topological polar surface area (TPSA) is 28.2 Å². The van der Waals surface area contributed by atoms with Crippen LogP contribution in [0.4, 0.5) is 13.2 Å². The summed E-state index contributed by atoms with van der Waals surface area (Å²) in [6, 6.07) is 3.27. The summed E-state index contributed by atoms with van der Waals surface area (Å²) in [7, 11) is 1.69.